The summed E-state index contributed by atoms with van der Waals surface area (Å²) in [5, 5.41) is 8.27. The van der Waals surface area contributed by atoms with Gasteiger partial charge >= 0.3 is 11.9 Å². The molecule has 1 aromatic rings. The van der Waals surface area contributed by atoms with Gasteiger partial charge in [-0.1, -0.05) is 23.2 Å². The Kier molecular flexibility index (Phi) is 3.46. The molecule has 0 atom stereocenters. The van der Waals surface area contributed by atoms with Crippen molar-refractivity contribution in [3.05, 3.63) is 28.0 Å². The topological polar surface area (TPSA) is 50.2 Å². The Hall–Kier alpha value is -0.940. The smallest absolute Gasteiger partial charge is 0.374 e. The second-order valence-corrected chi connectivity index (χ2v) is 3.61. The van der Waals surface area contributed by atoms with Crippen LogP contribution in [-0.2, 0) is 11.2 Å². The average Bonchev–Trinajstić information content (AvgIpc) is 1.99. The number of halogens is 4. The molecule has 1 heterocycles. The van der Waals surface area contributed by atoms with E-state index >= 15 is 0 Å². The molecule has 0 aliphatic carbocycles. The van der Waals surface area contributed by atoms with Gasteiger partial charge in [0.05, 0.1) is 12.1 Å². The SMILES string of the molecule is O=C(O)C(F)(F)Cc1cc(Cl)cc(Cl)n1. The minimum absolute atomic E-state index is 0.0568. The predicted molar refractivity (Wildman–Crippen MR) is 50.5 cm³/mol. The highest BCUT2D eigenvalue weighted by molar-refractivity contribution is 6.33. The first-order valence-corrected chi connectivity index (χ1v) is 4.50. The maximum absolute atomic E-state index is 12.8. The summed E-state index contributed by atoms with van der Waals surface area (Å²) in [5.74, 6) is -6.08. The summed E-state index contributed by atoms with van der Waals surface area (Å²) in [7, 11) is 0. The fraction of sp³-hybridized carbons (Fsp3) is 0.250. The lowest BCUT2D eigenvalue weighted by Crippen LogP contribution is -2.31. The monoisotopic (exact) mass is 255 g/mol. The zero-order chi connectivity index (χ0) is 11.6. The van der Waals surface area contributed by atoms with Crippen molar-refractivity contribution in [2.75, 3.05) is 0 Å². The van der Waals surface area contributed by atoms with E-state index in [0.29, 0.717) is 0 Å². The van der Waals surface area contributed by atoms with Gasteiger partial charge in [0.25, 0.3) is 0 Å². The Morgan fingerprint density at radius 3 is 2.53 bits per heavy atom. The maximum atomic E-state index is 12.8. The van der Waals surface area contributed by atoms with Gasteiger partial charge in [0, 0.05) is 5.02 Å². The van der Waals surface area contributed by atoms with Crippen molar-refractivity contribution in [1.82, 2.24) is 4.98 Å². The van der Waals surface area contributed by atoms with Crippen molar-refractivity contribution in [3.8, 4) is 0 Å². The fourth-order valence-electron chi connectivity index (χ4n) is 0.910. The van der Waals surface area contributed by atoms with Crippen LogP contribution in [0.4, 0.5) is 8.78 Å². The van der Waals surface area contributed by atoms with Crippen molar-refractivity contribution in [2.24, 2.45) is 0 Å². The lowest BCUT2D eigenvalue weighted by atomic mass is 10.2. The van der Waals surface area contributed by atoms with Crippen LogP contribution in [0, 0.1) is 0 Å². The van der Waals surface area contributed by atoms with Crippen molar-refractivity contribution < 1.29 is 18.7 Å². The molecule has 0 aliphatic rings. The first kappa shape index (κ1) is 12.1. The van der Waals surface area contributed by atoms with Gasteiger partial charge in [-0.25, -0.2) is 9.78 Å². The molecule has 0 aliphatic heterocycles. The molecule has 1 aromatic heterocycles. The van der Waals surface area contributed by atoms with Gasteiger partial charge in [0.15, 0.2) is 0 Å². The van der Waals surface area contributed by atoms with E-state index in [9.17, 15) is 13.6 Å². The molecule has 0 spiro atoms. The van der Waals surface area contributed by atoms with Crippen molar-refractivity contribution in [3.63, 3.8) is 0 Å². The minimum atomic E-state index is -3.87. The predicted octanol–water partition coefficient (Wildman–Crippen LogP) is 2.65. The molecule has 1 N–H and O–H groups in total. The van der Waals surface area contributed by atoms with Gasteiger partial charge in [0.2, 0.25) is 0 Å². The summed E-state index contributed by atoms with van der Waals surface area (Å²) in [6.07, 6.45) is -1.04. The summed E-state index contributed by atoms with van der Waals surface area (Å²) in [5.41, 5.74) is -0.167. The lowest BCUT2D eigenvalue weighted by Gasteiger charge is -2.10. The average molecular weight is 256 g/mol. The molecule has 1 rings (SSSR count). The van der Waals surface area contributed by atoms with Crippen LogP contribution in [0.3, 0.4) is 0 Å². The number of aliphatic carboxylic acids is 1. The van der Waals surface area contributed by atoms with E-state index in [1.807, 2.05) is 0 Å². The third-order valence-electron chi connectivity index (χ3n) is 1.53. The number of aromatic nitrogens is 1. The van der Waals surface area contributed by atoms with E-state index in [-0.39, 0.29) is 15.9 Å². The fourth-order valence-corrected chi connectivity index (χ4v) is 1.42. The highest BCUT2D eigenvalue weighted by atomic mass is 35.5. The highest BCUT2D eigenvalue weighted by Crippen LogP contribution is 2.22. The summed E-state index contributed by atoms with van der Waals surface area (Å²) < 4.78 is 25.5. The van der Waals surface area contributed by atoms with Crippen LogP contribution in [0.5, 0.6) is 0 Å². The molecule has 0 amide bonds. The largest absolute Gasteiger partial charge is 0.477 e. The molecule has 7 heteroatoms. The van der Waals surface area contributed by atoms with E-state index in [2.05, 4.69) is 4.98 Å². The number of carboxylic acids is 1. The summed E-state index contributed by atoms with van der Waals surface area (Å²) >= 11 is 11.0. The van der Waals surface area contributed by atoms with E-state index in [1.165, 1.54) is 6.07 Å². The standard InChI is InChI=1S/C8H5Cl2F2NO2/c9-4-1-5(13-6(10)2-4)3-8(11,12)7(14)15/h1-2H,3H2,(H,14,15). The number of carboxylic acid groups (broad SMARTS) is 1. The van der Waals surface area contributed by atoms with Gasteiger partial charge in [-0.3, -0.25) is 0 Å². The minimum Gasteiger partial charge on any atom is -0.477 e. The zero-order valence-corrected chi connectivity index (χ0v) is 8.69. The number of hydrogen-bond donors (Lipinski definition) is 1. The van der Waals surface area contributed by atoms with E-state index in [1.54, 1.807) is 0 Å². The van der Waals surface area contributed by atoms with Crippen LogP contribution in [0.2, 0.25) is 10.2 Å². The molecular weight excluding hydrogens is 251 g/mol. The van der Waals surface area contributed by atoms with Gasteiger partial charge < -0.3 is 5.11 Å². The molecule has 82 valence electrons. The third kappa shape index (κ3) is 3.28. The van der Waals surface area contributed by atoms with Crippen LogP contribution in [-0.4, -0.2) is 22.0 Å². The number of pyridine rings is 1. The van der Waals surface area contributed by atoms with Crippen molar-refractivity contribution in [2.45, 2.75) is 12.3 Å². The summed E-state index contributed by atoms with van der Waals surface area (Å²) in [4.78, 5) is 13.7. The number of nitrogens with zero attached hydrogens (tertiary/aromatic N) is 1. The molecular formula is C8H5Cl2F2NO2. The van der Waals surface area contributed by atoms with Gasteiger partial charge in [-0.15, -0.1) is 0 Å². The van der Waals surface area contributed by atoms with Crippen LogP contribution >= 0.6 is 23.2 Å². The Labute approximate surface area is 93.6 Å². The van der Waals surface area contributed by atoms with Crippen LogP contribution < -0.4 is 0 Å². The normalized spacial score (nSPS) is 11.5. The Morgan fingerprint density at radius 1 is 1.47 bits per heavy atom. The van der Waals surface area contributed by atoms with Crippen LogP contribution in [0.25, 0.3) is 0 Å². The van der Waals surface area contributed by atoms with E-state index in [0.717, 1.165) is 6.07 Å². The summed E-state index contributed by atoms with van der Waals surface area (Å²) in [6.45, 7) is 0. The Bertz CT molecular complexity index is 378. The van der Waals surface area contributed by atoms with Crippen molar-refractivity contribution >= 4 is 29.2 Å². The van der Waals surface area contributed by atoms with E-state index in [4.69, 9.17) is 28.3 Å². The zero-order valence-electron chi connectivity index (χ0n) is 7.18. The first-order valence-electron chi connectivity index (χ1n) is 3.74. The van der Waals surface area contributed by atoms with Crippen molar-refractivity contribution in [1.29, 1.82) is 0 Å². The highest BCUT2D eigenvalue weighted by Gasteiger charge is 2.39. The number of alkyl halides is 2. The second kappa shape index (κ2) is 4.28. The first-order chi connectivity index (χ1) is 6.81. The molecule has 0 bridgehead atoms. The quantitative estimate of drug-likeness (QED) is 0.845. The molecule has 0 saturated carbocycles. The number of rotatable bonds is 3. The summed E-state index contributed by atoms with van der Waals surface area (Å²) in [6, 6.07) is 2.41. The number of carbonyl (C=O) groups is 1. The van der Waals surface area contributed by atoms with Gasteiger partial charge in [-0.05, 0) is 12.1 Å². The Balaban J connectivity index is 2.94. The molecule has 0 saturated heterocycles. The molecule has 15 heavy (non-hydrogen) atoms. The molecule has 3 nitrogen and oxygen atoms in total. The maximum Gasteiger partial charge on any atom is 0.374 e. The van der Waals surface area contributed by atoms with Crippen LogP contribution in [0.15, 0.2) is 12.1 Å². The van der Waals surface area contributed by atoms with Gasteiger partial charge in [0.1, 0.15) is 5.15 Å². The molecule has 0 aromatic carbocycles. The van der Waals surface area contributed by atoms with E-state index < -0.39 is 18.3 Å². The van der Waals surface area contributed by atoms with Gasteiger partial charge in [-0.2, -0.15) is 8.78 Å². The third-order valence-corrected chi connectivity index (χ3v) is 1.94. The lowest BCUT2D eigenvalue weighted by molar-refractivity contribution is -0.164. The molecule has 0 unspecified atom stereocenters. The molecule has 0 fully saturated rings. The number of hydrogen-bond acceptors (Lipinski definition) is 2. The second-order valence-electron chi connectivity index (χ2n) is 2.79. The van der Waals surface area contributed by atoms with Crippen LogP contribution in [0.1, 0.15) is 5.69 Å². The molecule has 0 radical (unpaired) electrons. The Morgan fingerprint density at radius 2 is 2.07 bits per heavy atom.